The van der Waals surface area contributed by atoms with Crippen LogP contribution in [0.4, 0.5) is 13.2 Å². The molecule has 88 valence electrons. The number of pyridine rings is 1. The van der Waals surface area contributed by atoms with E-state index in [1.807, 2.05) is 0 Å². The summed E-state index contributed by atoms with van der Waals surface area (Å²) in [5, 5.41) is 0. The number of ether oxygens (including phenoxy) is 1. The molecule has 3 nitrogen and oxygen atoms in total. The molecule has 0 atom stereocenters. The summed E-state index contributed by atoms with van der Waals surface area (Å²) in [6, 6.07) is 0. The van der Waals surface area contributed by atoms with Crippen LogP contribution in [-0.4, -0.2) is 18.1 Å². The number of carbonyl (C=O) groups is 1. The van der Waals surface area contributed by atoms with E-state index in [1.54, 1.807) is 0 Å². The summed E-state index contributed by atoms with van der Waals surface area (Å²) in [7, 11) is 1.13. The first-order valence-electron chi connectivity index (χ1n) is 4.15. The third-order valence-corrected chi connectivity index (χ3v) is 2.71. The third-order valence-electron chi connectivity index (χ3n) is 1.86. The van der Waals surface area contributed by atoms with Crippen molar-refractivity contribution in [1.29, 1.82) is 0 Å². The van der Waals surface area contributed by atoms with Crippen LogP contribution in [0.3, 0.4) is 0 Å². The van der Waals surface area contributed by atoms with E-state index in [-0.39, 0.29) is 9.26 Å². The molecule has 0 fully saturated rings. The van der Waals surface area contributed by atoms with Gasteiger partial charge in [0, 0.05) is 11.8 Å². The summed E-state index contributed by atoms with van der Waals surface area (Å²) in [5.74, 6) is -1.80. The van der Waals surface area contributed by atoms with E-state index in [1.165, 1.54) is 22.6 Å². The Morgan fingerprint density at radius 3 is 2.75 bits per heavy atom. The highest BCUT2D eigenvalue weighted by atomic mass is 127. The van der Waals surface area contributed by atoms with Crippen LogP contribution in [0.15, 0.2) is 6.20 Å². The van der Waals surface area contributed by atoms with E-state index in [0.29, 0.717) is 0 Å². The quantitative estimate of drug-likeness (QED) is 0.480. The van der Waals surface area contributed by atoms with Gasteiger partial charge in [-0.3, -0.25) is 4.79 Å². The van der Waals surface area contributed by atoms with E-state index in [0.717, 1.165) is 13.3 Å². The van der Waals surface area contributed by atoms with E-state index in [9.17, 15) is 18.0 Å². The molecular weight excluding hydrogens is 338 g/mol. The van der Waals surface area contributed by atoms with E-state index in [2.05, 4.69) is 9.72 Å². The molecule has 0 aliphatic carbocycles. The molecule has 1 rings (SSSR count). The average molecular weight is 345 g/mol. The lowest BCUT2D eigenvalue weighted by molar-refractivity contribution is -0.139. The molecular formula is C9H7F3INO2. The number of alkyl halides is 2. The van der Waals surface area contributed by atoms with Gasteiger partial charge in [-0.2, -0.15) is 0 Å². The van der Waals surface area contributed by atoms with Crippen molar-refractivity contribution in [1.82, 2.24) is 4.98 Å². The standard InChI is InChI=1S/C9H7F3INO2/c1-16-5(15)2-4-3-14-9(13)6(7(4)10)8(11)12/h3,8H,2H2,1H3. The van der Waals surface area contributed by atoms with Crippen LogP contribution in [0.1, 0.15) is 17.6 Å². The molecule has 1 aromatic rings. The predicted molar refractivity (Wildman–Crippen MR) is 57.6 cm³/mol. The molecule has 7 heteroatoms. The topological polar surface area (TPSA) is 39.2 Å². The lowest BCUT2D eigenvalue weighted by Crippen LogP contribution is -2.10. The van der Waals surface area contributed by atoms with Crippen LogP contribution in [0.5, 0.6) is 0 Å². The van der Waals surface area contributed by atoms with Gasteiger partial charge in [0.25, 0.3) is 6.43 Å². The summed E-state index contributed by atoms with van der Waals surface area (Å²) in [6.45, 7) is 0. The van der Waals surface area contributed by atoms with Crippen molar-refractivity contribution >= 4 is 28.6 Å². The fourth-order valence-corrected chi connectivity index (χ4v) is 1.67. The van der Waals surface area contributed by atoms with Crippen molar-refractivity contribution in [2.45, 2.75) is 12.8 Å². The Kier molecular flexibility index (Phi) is 4.51. The number of nitrogens with zero attached hydrogens (tertiary/aromatic N) is 1. The molecule has 0 aliphatic heterocycles. The normalized spacial score (nSPS) is 10.6. The minimum atomic E-state index is -2.96. The van der Waals surface area contributed by atoms with Crippen molar-refractivity contribution < 1.29 is 22.7 Å². The Balaban J connectivity index is 3.13. The Bertz CT molecular complexity index is 412. The van der Waals surface area contributed by atoms with Crippen LogP contribution in [0.25, 0.3) is 0 Å². The largest absolute Gasteiger partial charge is 0.469 e. The summed E-state index contributed by atoms with van der Waals surface area (Å²) in [4.78, 5) is 14.5. The highest BCUT2D eigenvalue weighted by molar-refractivity contribution is 14.1. The molecule has 0 aliphatic rings. The first-order chi connectivity index (χ1) is 7.47. The minimum absolute atomic E-state index is 0.112. The average Bonchev–Trinajstić information content (AvgIpc) is 2.21. The highest BCUT2D eigenvalue weighted by Crippen LogP contribution is 2.27. The van der Waals surface area contributed by atoms with Crippen molar-refractivity contribution in [2.75, 3.05) is 7.11 Å². The Morgan fingerprint density at radius 1 is 1.62 bits per heavy atom. The zero-order valence-electron chi connectivity index (χ0n) is 8.14. The number of halogens is 4. The lowest BCUT2D eigenvalue weighted by Gasteiger charge is -2.08. The van der Waals surface area contributed by atoms with Crippen LogP contribution in [0.2, 0.25) is 0 Å². The predicted octanol–water partition coefficient (Wildman–Crippen LogP) is 2.48. The second kappa shape index (κ2) is 5.46. The van der Waals surface area contributed by atoms with Crippen LogP contribution < -0.4 is 0 Å². The fraction of sp³-hybridized carbons (Fsp3) is 0.333. The monoisotopic (exact) mass is 345 g/mol. The zero-order chi connectivity index (χ0) is 12.3. The van der Waals surface area contributed by atoms with Crippen LogP contribution in [0, 0.1) is 9.52 Å². The highest BCUT2D eigenvalue weighted by Gasteiger charge is 2.22. The summed E-state index contributed by atoms with van der Waals surface area (Å²) in [6.07, 6.45) is -2.32. The molecule has 1 heterocycles. The van der Waals surface area contributed by atoms with Crippen molar-refractivity contribution in [3.63, 3.8) is 0 Å². The molecule has 0 bridgehead atoms. The summed E-state index contributed by atoms with van der Waals surface area (Å²) in [5.41, 5.74) is -0.968. The van der Waals surface area contributed by atoms with E-state index < -0.39 is 30.2 Å². The van der Waals surface area contributed by atoms with Gasteiger partial charge >= 0.3 is 5.97 Å². The molecule has 0 N–H and O–H groups in total. The van der Waals surface area contributed by atoms with Gasteiger partial charge in [-0.05, 0) is 22.6 Å². The number of carbonyl (C=O) groups excluding carboxylic acids is 1. The van der Waals surface area contributed by atoms with Gasteiger partial charge in [0.1, 0.15) is 9.52 Å². The SMILES string of the molecule is COC(=O)Cc1cnc(I)c(C(F)F)c1F. The molecule has 0 saturated carbocycles. The van der Waals surface area contributed by atoms with Gasteiger partial charge in [-0.15, -0.1) is 0 Å². The molecule has 0 aromatic carbocycles. The van der Waals surface area contributed by atoms with Gasteiger partial charge in [-0.1, -0.05) is 0 Å². The number of hydrogen-bond donors (Lipinski definition) is 0. The number of methoxy groups -OCH3 is 1. The molecule has 0 unspecified atom stereocenters. The number of esters is 1. The van der Waals surface area contributed by atoms with Gasteiger partial charge in [-0.25, -0.2) is 18.2 Å². The maximum atomic E-state index is 13.5. The summed E-state index contributed by atoms with van der Waals surface area (Å²) >= 11 is 1.51. The smallest absolute Gasteiger partial charge is 0.310 e. The van der Waals surface area contributed by atoms with Gasteiger partial charge < -0.3 is 4.74 Å². The van der Waals surface area contributed by atoms with Gasteiger partial charge in [0.2, 0.25) is 0 Å². The fourth-order valence-electron chi connectivity index (χ4n) is 1.06. The van der Waals surface area contributed by atoms with Gasteiger partial charge in [0.05, 0.1) is 19.1 Å². The molecule has 0 radical (unpaired) electrons. The Labute approximate surface area is 103 Å². The second-order valence-corrected chi connectivity index (χ2v) is 3.88. The minimum Gasteiger partial charge on any atom is -0.469 e. The zero-order valence-corrected chi connectivity index (χ0v) is 10.3. The Hall–Kier alpha value is -0.860. The van der Waals surface area contributed by atoms with Crippen molar-refractivity contribution in [3.8, 4) is 0 Å². The lowest BCUT2D eigenvalue weighted by atomic mass is 10.1. The molecule has 0 spiro atoms. The first kappa shape index (κ1) is 13.2. The van der Waals surface area contributed by atoms with Crippen molar-refractivity contribution in [2.24, 2.45) is 0 Å². The number of aromatic nitrogens is 1. The Morgan fingerprint density at radius 2 is 2.25 bits per heavy atom. The summed E-state index contributed by atoms with van der Waals surface area (Å²) < 4.78 is 42.7. The van der Waals surface area contributed by atoms with E-state index >= 15 is 0 Å². The number of hydrogen-bond acceptors (Lipinski definition) is 3. The van der Waals surface area contributed by atoms with Crippen LogP contribution >= 0.6 is 22.6 Å². The van der Waals surface area contributed by atoms with Crippen molar-refractivity contribution in [3.05, 3.63) is 26.8 Å². The molecule has 1 aromatic heterocycles. The van der Waals surface area contributed by atoms with Crippen LogP contribution in [-0.2, 0) is 16.0 Å². The first-order valence-corrected chi connectivity index (χ1v) is 5.23. The molecule has 0 saturated heterocycles. The van der Waals surface area contributed by atoms with Gasteiger partial charge in [0.15, 0.2) is 0 Å². The number of rotatable bonds is 3. The second-order valence-electron chi connectivity index (χ2n) is 2.86. The van der Waals surface area contributed by atoms with E-state index in [4.69, 9.17) is 0 Å². The maximum absolute atomic E-state index is 13.5. The molecule has 16 heavy (non-hydrogen) atoms. The third kappa shape index (κ3) is 2.83. The molecule has 0 amide bonds. The maximum Gasteiger partial charge on any atom is 0.310 e.